The summed E-state index contributed by atoms with van der Waals surface area (Å²) in [5.74, 6) is -0.408. The summed E-state index contributed by atoms with van der Waals surface area (Å²) in [7, 11) is 0. The van der Waals surface area contributed by atoms with Crippen LogP contribution in [0.4, 0.5) is 4.79 Å². The second-order valence-electron chi connectivity index (χ2n) is 9.43. The Labute approximate surface area is 186 Å². The van der Waals surface area contributed by atoms with Gasteiger partial charge < -0.3 is 20.3 Å². The molecule has 1 rings (SSSR count). The van der Waals surface area contributed by atoms with Crippen molar-refractivity contribution in [3.63, 3.8) is 0 Å². The molecule has 0 bridgehead atoms. The lowest BCUT2D eigenvalue weighted by Gasteiger charge is -2.34. The molecule has 0 saturated heterocycles. The highest BCUT2D eigenvalue weighted by molar-refractivity contribution is 5.92. The van der Waals surface area contributed by atoms with Crippen LogP contribution in [0.5, 0.6) is 0 Å². The summed E-state index contributed by atoms with van der Waals surface area (Å²) >= 11 is 0. The Bertz CT molecular complexity index is 726. The van der Waals surface area contributed by atoms with Crippen molar-refractivity contribution in [1.29, 1.82) is 0 Å². The van der Waals surface area contributed by atoms with Crippen molar-refractivity contribution in [2.24, 2.45) is 5.92 Å². The van der Waals surface area contributed by atoms with Crippen LogP contribution in [0.3, 0.4) is 0 Å². The maximum Gasteiger partial charge on any atom is 0.408 e. The first-order valence-corrected chi connectivity index (χ1v) is 11.0. The van der Waals surface area contributed by atoms with Gasteiger partial charge in [-0.25, -0.2) is 4.79 Å². The molecule has 0 aliphatic rings. The quantitative estimate of drug-likeness (QED) is 0.615. The fourth-order valence-electron chi connectivity index (χ4n) is 3.28. The molecular formula is C24H39N3O4. The van der Waals surface area contributed by atoms with Gasteiger partial charge in [0.25, 0.3) is 0 Å². The molecule has 0 aliphatic carbocycles. The van der Waals surface area contributed by atoms with E-state index >= 15 is 0 Å². The average Bonchev–Trinajstić information content (AvgIpc) is 2.63. The summed E-state index contributed by atoms with van der Waals surface area (Å²) in [5.41, 5.74) is 0.0420. The molecule has 2 atom stereocenters. The van der Waals surface area contributed by atoms with Crippen LogP contribution < -0.4 is 10.6 Å². The third-order valence-corrected chi connectivity index (χ3v) is 4.43. The molecule has 174 valence electrons. The van der Waals surface area contributed by atoms with Crippen molar-refractivity contribution < 1.29 is 19.1 Å². The van der Waals surface area contributed by atoms with Gasteiger partial charge >= 0.3 is 6.09 Å². The Hall–Kier alpha value is -2.57. The number of carbonyl (C=O) groups excluding carboxylic acids is 3. The molecule has 7 nitrogen and oxygen atoms in total. The molecule has 0 aliphatic heterocycles. The van der Waals surface area contributed by atoms with Crippen LogP contribution in [0.15, 0.2) is 30.3 Å². The highest BCUT2D eigenvalue weighted by Gasteiger charge is 2.35. The Morgan fingerprint density at radius 1 is 1.00 bits per heavy atom. The first kappa shape index (κ1) is 26.5. The van der Waals surface area contributed by atoms with Gasteiger partial charge in [-0.05, 0) is 59.4 Å². The van der Waals surface area contributed by atoms with Crippen LogP contribution in [-0.2, 0) is 14.3 Å². The summed E-state index contributed by atoms with van der Waals surface area (Å²) in [4.78, 5) is 40.6. The minimum Gasteiger partial charge on any atom is -0.444 e. The van der Waals surface area contributed by atoms with Crippen LogP contribution in [-0.4, -0.2) is 47.0 Å². The molecule has 31 heavy (non-hydrogen) atoms. The maximum absolute atomic E-state index is 13.6. The average molecular weight is 434 g/mol. The van der Waals surface area contributed by atoms with Crippen molar-refractivity contribution in [3.8, 4) is 0 Å². The topological polar surface area (TPSA) is 87.7 Å². The third-order valence-electron chi connectivity index (χ3n) is 4.43. The number of ether oxygens (including phenoxy) is 1. The van der Waals surface area contributed by atoms with E-state index in [-0.39, 0.29) is 23.8 Å². The van der Waals surface area contributed by atoms with Crippen molar-refractivity contribution in [1.82, 2.24) is 15.5 Å². The van der Waals surface area contributed by atoms with Gasteiger partial charge in [-0.3, -0.25) is 9.59 Å². The fourth-order valence-corrected chi connectivity index (χ4v) is 3.28. The number of amides is 3. The van der Waals surface area contributed by atoms with E-state index in [0.717, 1.165) is 5.56 Å². The molecule has 0 saturated carbocycles. The molecule has 0 heterocycles. The molecule has 0 radical (unpaired) electrons. The predicted molar refractivity (Wildman–Crippen MR) is 122 cm³/mol. The highest BCUT2D eigenvalue weighted by Crippen LogP contribution is 2.23. The maximum atomic E-state index is 13.6. The Kier molecular flexibility index (Phi) is 10.0. The van der Waals surface area contributed by atoms with E-state index in [1.807, 2.05) is 65.0 Å². The van der Waals surface area contributed by atoms with Gasteiger partial charge in [0.15, 0.2) is 0 Å². The smallest absolute Gasteiger partial charge is 0.408 e. The van der Waals surface area contributed by atoms with E-state index in [9.17, 15) is 14.4 Å². The number of hydrogen-bond donors (Lipinski definition) is 2. The summed E-state index contributed by atoms with van der Waals surface area (Å²) in [6, 6.07) is 7.55. The van der Waals surface area contributed by atoms with Gasteiger partial charge in [0, 0.05) is 12.6 Å². The predicted octanol–water partition coefficient (Wildman–Crippen LogP) is 4.04. The van der Waals surface area contributed by atoms with E-state index < -0.39 is 23.8 Å². The molecular weight excluding hydrogens is 394 g/mol. The Morgan fingerprint density at radius 2 is 1.58 bits per heavy atom. The number of nitrogens with zero attached hydrogens (tertiary/aromatic N) is 1. The standard InChI is InChI=1S/C24H39N3O4/c1-9-27(20(21(28)25-17(4)5)18-13-11-10-12-14-18)22(29)19(15-16(2)3)26-23(30)31-24(6,7)8/h10-14,16-17,19-20H,9,15H2,1-8H3,(H,25,28)(H,26,30). The number of rotatable bonds is 9. The van der Waals surface area contributed by atoms with Crippen LogP contribution in [0.1, 0.15) is 73.4 Å². The Morgan fingerprint density at radius 3 is 2.03 bits per heavy atom. The lowest BCUT2D eigenvalue weighted by atomic mass is 9.99. The van der Waals surface area contributed by atoms with Gasteiger partial charge in [-0.2, -0.15) is 0 Å². The lowest BCUT2D eigenvalue weighted by molar-refractivity contribution is -0.142. The largest absolute Gasteiger partial charge is 0.444 e. The lowest BCUT2D eigenvalue weighted by Crippen LogP contribution is -2.53. The molecule has 7 heteroatoms. The van der Waals surface area contributed by atoms with Crippen LogP contribution in [0, 0.1) is 5.92 Å². The first-order valence-electron chi connectivity index (χ1n) is 11.0. The summed E-state index contributed by atoms with van der Waals surface area (Å²) < 4.78 is 5.36. The summed E-state index contributed by atoms with van der Waals surface area (Å²) in [5, 5.41) is 5.64. The molecule has 2 N–H and O–H groups in total. The van der Waals surface area contributed by atoms with Crippen LogP contribution in [0.25, 0.3) is 0 Å². The zero-order valence-corrected chi connectivity index (χ0v) is 20.2. The van der Waals surface area contributed by atoms with Gasteiger partial charge in [-0.1, -0.05) is 44.2 Å². The molecule has 0 fully saturated rings. The minimum atomic E-state index is -0.798. The summed E-state index contributed by atoms with van der Waals surface area (Å²) in [6.45, 7) is 15.2. The minimum absolute atomic E-state index is 0.0705. The van der Waals surface area contributed by atoms with Crippen molar-refractivity contribution in [2.75, 3.05) is 6.54 Å². The van der Waals surface area contributed by atoms with Crippen molar-refractivity contribution in [2.45, 2.75) is 85.5 Å². The molecule has 0 aromatic heterocycles. The van der Waals surface area contributed by atoms with Gasteiger partial charge in [-0.15, -0.1) is 0 Å². The molecule has 1 aromatic carbocycles. The zero-order chi connectivity index (χ0) is 23.8. The van der Waals surface area contributed by atoms with E-state index in [0.29, 0.717) is 13.0 Å². The van der Waals surface area contributed by atoms with Gasteiger partial charge in [0.2, 0.25) is 11.8 Å². The van der Waals surface area contributed by atoms with Crippen LogP contribution in [0.2, 0.25) is 0 Å². The second kappa shape index (κ2) is 11.7. The number of carbonyl (C=O) groups is 3. The van der Waals surface area contributed by atoms with Crippen molar-refractivity contribution >= 4 is 17.9 Å². The molecule has 3 amide bonds. The number of benzene rings is 1. The number of alkyl carbamates (subject to hydrolysis) is 1. The SMILES string of the molecule is CCN(C(=O)C(CC(C)C)NC(=O)OC(C)(C)C)C(C(=O)NC(C)C)c1ccccc1. The number of likely N-dealkylation sites (N-methyl/N-ethyl adjacent to an activating group) is 1. The van der Waals surface area contributed by atoms with Crippen molar-refractivity contribution in [3.05, 3.63) is 35.9 Å². The first-order chi connectivity index (χ1) is 14.4. The van der Waals surface area contributed by atoms with E-state index in [2.05, 4.69) is 10.6 Å². The number of nitrogens with one attached hydrogen (secondary N) is 2. The fraction of sp³-hybridized carbons (Fsp3) is 0.625. The zero-order valence-electron chi connectivity index (χ0n) is 20.2. The second-order valence-corrected chi connectivity index (χ2v) is 9.43. The van der Waals surface area contributed by atoms with E-state index in [1.54, 1.807) is 20.8 Å². The third kappa shape index (κ3) is 8.99. The Balaban J connectivity index is 3.26. The van der Waals surface area contributed by atoms with E-state index in [1.165, 1.54) is 4.90 Å². The number of hydrogen-bond acceptors (Lipinski definition) is 4. The monoisotopic (exact) mass is 433 g/mol. The summed E-state index contributed by atoms with van der Waals surface area (Å²) in [6.07, 6.45) is -0.215. The molecule has 0 spiro atoms. The molecule has 2 unspecified atom stereocenters. The van der Waals surface area contributed by atoms with Gasteiger partial charge in [0.1, 0.15) is 17.7 Å². The highest BCUT2D eigenvalue weighted by atomic mass is 16.6. The van der Waals surface area contributed by atoms with Gasteiger partial charge in [0.05, 0.1) is 0 Å². The normalized spacial score (nSPS) is 13.5. The van der Waals surface area contributed by atoms with E-state index in [4.69, 9.17) is 4.74 Å². The van der Waals surface area contributed by atoms with Crippen LogP contribution >= 0.6 is 0 Å². The molecule has 1 aromatic rings.